The first kappa shape index (κ1) is 38.4. The van der Waals surface area contributed by atoms with E-state index in [1.807, 2.05) is 42.3 Å². The number of likely N-dealkylation sites (tertiary alicyclic amines) is 1. The minimum absolute atomic E-state index is 0.0636. The Bertz CT molecular complexity index is 2480. The Balaban J connectivity index is 0.814. The largest absolute Gasteiger partial charge is 0.496 e. The van der Waals surface area contributed by atoms with Crippen LogP contribution in [0.15, 0.2) is 66.0 Å². The fourth-order valence-electron chi connectivity index (χ4n) is 7.88. The number of hydrogen-bond acceptors (Lipinski definition) is 13. The molecule has 0 saturated carbocycles. The molecule has 1 unspecified atom stereocenters. The first-order chi connectivity index (χ1) is 28.0. The molecule has 58 heavy (non-hydrogen) atoms. The van der Waals surface area contributed by atoms with Gasteiger partial charge >= 0.3 is 0 Å². The lowest BCUT2D eigenvalue weighted by atomic mass is 9.99. The molecule has 2 aromatic carbocycles. The van der Waals surface area contributed by atoms with Crippen molar-refractivity contribution in [3.63, 3.8) is 0 Å². The van der Waals surface area contributed by atoms with Crippen LogP contribution in [-0.4, -0.2) is 116 Å². The Hall–Kier alpha value is -6.46. The maximum Gasteiger partial charge on any atom is 0.262 e. The number of nitrogens with one attached hydrogen (secondary N) is 1. The topological polar surface area (TPSA) is 183 Å². The third-order valence-corrected chi connectivity index (χ3v) is 10.9. The molecule has 6 heterocycles. The lowest BCUT2D eigenvalue weighted by Gasteiger charge is -2.38. The van der Waals surface area contributed by atoms with E-state index >= 15 is 0 Å². The van der Waals surface area contributed by atoms with E-state index in [1.165, 1.54) is 0 Å². The molecular formula is C41H43N9O8. The number of nitrogens with zero attached hydrogens (tertiary/aromatic N) is 8. The molecule has 1 N–H and O–H groups in total. The number of fused-ring (bicyclic) bond motifs is 2. The predicted molar refractivity (Wildman–Crippen MR) is 209 cm³/mol. The maximum absolute atomic E-state index is 13.2. The van der Waals surface area contributed by atoms with Crippen LogP contribution in [0.4, 0.5) is 0 Å². The summed E-state index contributed by atoms with van der Waals surface area (Å²) < 4.78 is 21.3. The average Bonchev–Trinajstić information content (AvgIpc) is 3.75. The van der Waals surface area contributed by atoms with Crippen LogP contribution in [-0.2, 0) is 36.3 Å². The van der Waals surface area contributed by atoms with Gasteiger partial charge in [0.15, 0.2) is 0 Å². The third-order valence-electron chi connectivity index (χ3n) is 10.9. The molecule has 17 nitrogen and oxygen atoms in total. The Labute approximate surface area is 333 Å². The number of benzene rings is 2. The van der Waals surface area contributed by atoms with Crippen molar-refractivity contribution in [1.29, 1.82) is 0 Å². The van der Waals surface area contributed by atoms with Gasteiger partial charge in [0.05, 0.1) is 42.0 Å². The molecular weight excluding hydrogens is 747 g/mol. The minimum Gasteiger partial charge on any atom is -0.496 e. The lowest BCUT2D eigenvalue weighted by Crippen LogP contribution is -2.54. The van der Waals surface area contributed by atoms with E-state index in [0.29, 0.717) is 55.4 Å². The van der Waals surface area contributed by atoms with Gasteiger partial charge in [-0.15, -0.1) is 5.10 Å². The Morgan fingerprint density at radius 3 is 2.41 bits per heavy atom. The van der Waals surface area contributed by atoms with Crippen molar-refractivity contribution < 1.29 is 33.4 Å². The molecule has 17 heteroatoms. The van der Waals surface area contributed by atoms with Crippen LogP contribution < -0.4 is 25.1 Å². The van der Waals surface area contributed by atoms with E-state index in [4.69, 9.17) is 14.2 Å². The van der Waals surface area contributed by atoms with E-state index in [1.54, 1.807) is 56.4 Å². The number of piperidine rings is 1. The number of amides is 4. The van der Waals surface area contributed by atoms with Crippen LogP contribution >= 0.6 is 0 Å². The highest BCUT2D eigenvalue weighted by molar-refractivity contribution is 6.23. The number of pyridine rings is 2. The van der Waals surface area contributed by atoms with Gasteiger partial charge in [-0.05, 0) is 73.8 Å². The van der Waals surface area contributed by atoms with Gasteiger partial charge < -0.3 is 23.7 Å². The average molecular weight is 790 g/mol. The smallest absolute Gasteiger partial charge is 0.262 e. The van der Waals surface area contributed by atoms with Crippen molar-refractivity contribution in [3.05, 3.63) is 93.9 Å². The maximum atomic E-state index is 13.2. The number of imide groups is 2. The van der Waals surface area contributed by atoms with Crippen LogP contribution in [0.3, 0.4) is 0 Å². The molecule has 3 aromatic heterocycles. The van der Waals surface area contributed by atoms with E-state index in [2.05, 4.69) is 30.4 Å². The second-order valence-corrected chi connectivity index (χ2v) is 14.9. The SMILES string of the molecule is COc1cc(-c2cn(C)c(=O)c3cnccc23)cc(OC)c1CN(C)CCCn1cc(CN2CC(Oc3ccc4c(c3)C(=O)N(C3CCC(=O)NC3=O)C4=O)C2)nn1. The minimum atomic E-state index is -1.01. The lowest BCUT2D eigenvalue weighted by molar-refractivity contribution is -0.136. The fourth-order valence-corrected chi connectivity index (χ4v) is 7.88. The summed E-state index contributed by atoms with van der Waals surface area (Å²) in [6.07, 6.45) is 7.94. The second-order valence-electron chi connectivity index (χ2n) is 14.9. The van der Waals surface area contributed by atoms with Crippen molar-refractivity contribution in [1.82, 2.24) is 44.6 Å². The first-order valence-corrected chi connectivity index (χ1v) is 19.0. The molecule has 0 radical (unpaired) electrons. The summed E-state index contributed by atoms with van der Waals surface area (Å²) in [6.45, 7) is 3.97. The predicted octanol–water partition coefficient (Wildman–Crippen LogP) is 2.40. The summed E-state index contributed by atoms with van der Waals surface area (Å²) in [6, 6.07) is 9.54. The summed E-state index contributed by atoms with van der Waals surface area (Å²) >= 11 is 0. The number of carbonyl (C=O) groups is 4. The number of aromatic nitrogens is 5. The number of carbonyl (C=O) groups excluding carboxylic acids is 4. The number of ether oxygens (including phenoxy) is 3. The Kier molecular flexibility index (Phi) is 10.5. The number of rotatable bonds is 14. The standard InChI is InChI=1S/C41H43N9O8/c1-46(22-33-35(56-3)14-24(15-36(33)57-4)32-23-47(2)39(53)31-17-42-11-10-28(31)32)12-5-13-49-19-25(44-45-49)18-48-20-27(21-48)58-26-6-7-29-30(16-26)41(55)50(40(29)54)34-8-9-37(51)43-38(34)52/h6-7,10-11,14-17,19,23,27,34H,5,8-9,12-13,18,20-22H2,1-4H3,(H,43,51,52). The fraction of sp³-hybridized carbons (Fsp3) is 0.366. The molecule has 0 aliphatic carbocycles. The molecule has 8 rings (SSSR count). The quantitative estimate of drug-likeness (QED) is 0.162. The summed E-state index contributed by atoms with van der Waals surface area (Å²) in [5.41, 5.74) is 3.80. The van der Waals surface area contributed by atoms with Gasteiger partial charge in [0.2, 0.25) is 11.8 Å². The van der Waals surface area contributed by atoms with Crippen LogP contribution in [0.5, 0.6) is 17.2 Å². The molecule has 0 spiro atoms. The van der Waals surface area contributed by atoms with Gasteiger partial charge in [0.25, 0.3) is 17.4 Å². The molecule has 4 amide bonds. The van der Waals surface area contributed by atoms with Gasteiger partial charge in [-0.2, -0.15) is 0 Å². The highest BCUT2D eigenvalue weighted by atomic mass is 16.5. The molecule has 1 atom stereocenters. The molecule has 0 bridgehead atoms. The van der Waals surface area contributed by atoms with Crippen LogP contribution in [0, 0.1) is 0 Å². The zero-order valence-electron chi connectivity index (χ0n) is 32.6. The number of hydrogen-bond donors (Lipinski definition) is 1. The zero-order chi connectivity index (χ0) is 40.7. The van der Waals surface area contributed by atoms with Crippen molar-refractivity contribution in [2.24, 2.45) is 7.05 Å². The normalized spacial score (nSPS) is 17.2. The van der Waals surface area contributed by atoms with Crippen molar-refractivity contribution >= 4 is 34.4 Å². The summed E-state index contributed by atoms with van der Waals surface area (Å²) in [4.78, 5) is 72.3. The van der Waals surface area contributed by atoms with Crippen molar-refractivity contribution in [2.75, 3.05) is 40.9 Å². The Morgan fingerprint density at radius 1 is 0.914 bits per heavy atom. The third kappa shape index (κ3) is 7.41. The molecule has 3 aliphatic rings. The van der Waals surface area contributed by atoms with Gasteiger partial charge in [-0.3, -0.25) is 48.8 Å². The summed E-state index contributed by atoms with van der Waals surface area (Å²) in [5.74, 6) is -0.332. The molecule has 2 saturated heterocycles. The molecule has 5 aromatic rings. The van der Waals surface area contributed by atoms with Crippen LogP contribution in [0.2, 0.25) is 0 Å². The zero-order valence-corrected chi connectivity index (χ0v) is 32.6. The van der Waals surface area contributed by atoms with Crippen molar-refractivity contribution in [3.8, 4) is 28.4 Å². The molecule has 2 fully saturated rings. The van der Waals surface area contributed by atoms with Gasteiger partial charge in [-0.25, -0.2) is 0 Å². The van der Waals surface area contributed by atoms with Crippen molar-refractivity contribution in [2.45, 2.75) is 51.0 Å². The summed E-state index contributed by atoms with van der Waals surface area (Å²) in [5, 5.41) is 12.3. The monoisotopic (exact) mass is 789 g/mol. The first-order valence-electron chi connectivity index (χ1n) is 19.0. The number of methoxy groups -OCH3 is 2. The van der Waals surface area contributed by atoms with E-state index < -0.39 is 29.7 Å². The Morgan fingerprint density at radius 2 is 1.67 bits per heavy atom. The van der Waals surface area contributed by atoms with E-state index in [9.17, 15) is 24.0 Å². The van der Waals surface area contributed by atoms with Gasteiger partial charge in [0.1, 0.15) is 29.4 Å². The van der Waals surface area contributed by atoms with Crippen LogP contribution in [0.1, 0.15) is 51.2 Å². The second kappa shape index (κ2) is 15.8. The van der Waals surface area contributed by atoms with E-state index in [0.717, 1.165) is 45.6 Å². The van der Waals surface area contributed by atoms with Gasteiger partial charge in [-0.1, -0.05) is 5.21 Å². The highest BCUT2D eigenvalue weighted by Gasteiger charge is 2.45. The number of aryl methyl sites for hydroxylation is 2. The van der Waals surface area contributed by atoms with E-state index in [-0.39, 0.29) is 35.6 Å². The van der Waals surface area contributed by atoms with Crippen LogP contribution in [0.25, 0.3) is 21.9 Å². The highest BCUT2D eigenvalue weighted by Crippen LogP contribution is 2.38. The van der Waals surface area contributed by atoms with Gasteiger partial charge in [0, 0.05) is 76.5 Å². The molecule has 3 aliphatic heterocycles. The summed E-state index contributed by atoms with van der Waals surface area (Å²) in [7, 11) is 7.06. The molecule has 300 valence electrons.